The molecule has 1 aromatic carbocycles. The van der Waals surface area contributed by atoms with Crippen LogP contribution in [0.25, 0.3) is 11.8 Å². The van der Waals surface area contributed by atoms with Crippen LogP contribution in [0.1, 0.15) is 16.3 Å². The number of hydrogen-bond donors (Lipinski definition) is 5. The smallest absolute Gasteiger partial charge is 0.200 e. The van der Waals surface area contributed by atoms with E-state index in [4.69, 9.17) is 5.21 Å². The van der Waals surface area contributed by atoms with Gasteiger partial charge in [-0.15, -0.1) is 11.3 Å². The minimum Gasteiger partial charge on any atom is -0.504 e. The van der Waals surface area contributed by atoms with Crippen molar-refractivity contribution in [2.75, 3.05) is 0 Å². The van der Waals surface area contributed by atoms with Crippen LogP contribution in [-0.2, 0) is 0 Å². The number of aromatic nitrogens is 1. The summed E-state index contributed by atoms with van der Waals surface area (Å²) in [5.41, 5.74) is 2.83. The third kappa shape index (κ3) is 2.61. The molecule has 100 valence electrons. The molecule has 0 radical (unpaired) electrons. The van der Waals surface area contributed by atoms with Crippen LogP contribution in [0.2, 0.25) is 0 Å². The van der Waals surface area contributed by atoms with Crippen molar-refractivity contribution in [1.29, 1.82) is 0 Å². The minimum absolute atomic E-state index is 0.142. The number of hydrogen-bond acceptors (Lipinski definition) is 7. The van der Waals surface area contributed by atoms with Crippen molar-refractivity contribution in [3.8, 4) is 17.2 Å². The van der Waals surface area contributed by atoms with E-state index in [0.717, 1.165) is 5.01 Å². The van der Waals surface area contributed by atoms with Gasteiger partial charge in [0.1, 0.15) is 0 Å². The molecule has 0 aliphatic carbocycles. The molecule has 2 aromatic rings. The zero-order valence-electron chi connectivity index (χ0n) is 9.95. The average Bonchev–Trinajstić information content (AvgIpc) is 2.80. The number of aryl methyl sites for hydroxylation is 1. The summed E-state index contributed by atoms with van der Waals surface area (Å²) in [5.74, 6) is -1.61. The van der Waals surface area contributed by atoms with E-state index in [1.165, 1.54) is 29.5 Å². The first-order chi connectivity index (χ1) is 9.02. The normalized spacial score (nSPS) is 11.6. The maximum absolute atomic E-state index is 9.74. The molecule has 0 spiro atoms. The van der Waals surface area contributed by atoms with Gasteiger partial charge >= 0.3 is 0 Å². The molecular formula is C12H12N2O4S. The first-order valence-electron chi connectivity index (χ1n) is 5.31. The number of phenolic OH excluding ortho intramolecular Hbond substituents is 3. The van der Waals surface area contributed by atoms with Crippen molar-refractivity contribution in [3.63, 3.8) is 0 Å². The lowest BCUT2D eigenvalue weighted by Gasteiger charge is -2.09. The molecule has 1 heterocycles. The molecule has 0 saturated heterocycles. The SMILES string of the molecule is Cc1nc(/C=C(/NO)c2ccc(O)c(O)c2O)cs1. The zero-order valence-corrected chi connectivity index (χ0v) is 10.8. The van der Waals surface area contributed by atoms with E-state index in [9.17, 15) is 15.3 Å². The Morgan fingerprint density at radius 3 is 2.58 bits per heavy atom. The quantitative estimate of drug-likeness (QED) is 0.435. The first kappa shape index (κ1) is 13.2. The largest absolute Gasteiger partial charge is 0.504 e. The maximum Gasteiger partial charge on any atom is 0.200 e. The third-order valence-corrected chi connectivity index (χ3v) is 3.26. The van der Waals surface area contributed by atoms with E-state index in [1.807, 2.05) is 12.4 Å². The second kappa shape index (κ2) is 5.17. The predicted molar refractivity (Wildman–Crippen MR) is 71.1 cm³/mol. The van der Waals surface area contributed by atoms with Crippen LogP contribution in [0.15, 0.2) is 17.5 Å². The molecule has 0 saturated carbocycles. The molecular weight excluding hydrogens is 268 g/mol. The number of hydroxylamine groups is 1. The van der Waals surface area contributed by atoms with Gasteiger partial charge in [0, 0.05) is 10.9 Å². The molecule has 0 aliphatic heterocycles. The summed E-state index contributed by atoms with van der Waals surface area (Å²) in [6.45, 7) is 1.85. The molecule has 7 heteroatoms. The van der Waals surface area contributed by atoms with Gasteiger partial charge in [0.15, 0.2) is 11.5 Å². The summed E-state index contributed by atoms with van der Waals surface area (Å²) in [5, 5.41) is 40.2. The van der Waals surface area contributed by atoms with Crippen LogP contribution >= 0.6 is 11.3 Å². The summed E-state index contributed by atoms with van der Waals surface area (Å²) >= 11 is 1.44. The van der Waals surface area contributed by atoms with Gasteiger partial charge in [0.05, 0.1) is 16.4 Å². The van der Waals surface area contributed by atoms with Crippen molar-refractivity contribution < 1.29 is 20.5 Å². The van der Waals surface area contributed by atoms with Gasteiger partial charge < -0.3 is 15.3 Å². The zero-order chi connectivity index (χ0) is 14.0. The lowest BCUT2D eigenvalue weighted by atomic mass is 10.1. The highest BCUT2D eigenvalue weighted by molar-refractivity contribution is 7.09. The molecule has 1 aromatic heterocycles. The fourth-order valence-electron chi connectivity index (χ4n) is 1.55. The summed E-state index contributed by atoms with van der Waals surface area (Å²) < 4.78 is 0. The fourth-order valence-corrected chi connectivity index (χ4v) is 2.12. The van der Waals surface area contributed by atoms with Crippen LogP contribution in [0, 0.1) is 6.92 Å². The number of thiazole rings is 1. The van der Waals surface area contributed by atoms with Gasteiger partial charge in [-0.1, -0.05) is 0 Å². The van der Waals surface area contributed by atoms with E-state index in [-0.39, 0.29) is 11.3 Å². The number of nitrogens with one attached hydrogen (secondary N) is 1. The number of benzene rings is 1. The Kier molecular flexibility index (Phi) is 3.59. The Bertz CT molecular complexity index is 637. The Balaban J connectivity index is 2.48. The number of aromatic hydroxyl groups is 3. The van der Waals surface area contributed by atoms with E-state index in [1.54, 1.807) is 5.38 Å². The summed E-state index contributed by atoms with van der Waals surface area (Å²) in [4.78, 5) is 4.19. The summed E-state index contributed by atoms with van der Waals surface area (Å²) in [6, 6.07) is 2.57. The van der Waals surface area contributed by atoms with Crippen molar-refractivity contribution in [3.05, 3.63) is 33.8 Å². The van der Waals surface area contributed by atoms with Crippen molar-refractivity contribution in [2.24, 2.45) is 0 Å². The van der Waals surface area contributed by atoms with Gasteiger partial charge in [0.25, 0.3) is 0 Å². The van der Waals surface area contributed by atoms with Gasteiger partial charge in [-0.2, -0.15) is 0 Å². The van der Waals surface area contributed by atoms with Crippen LogP contribution in [0.3, 0.4) is 0 Å². The van der Waals surface area contributed by atoms with E-state index >= 15 is 0 Å². The third-order valence-electron chi connectivity index (χ3n) is 2.47. The topological polar surface area (TPSA) is 106 Å². The molecule has 19 heavy (non-hydrogen) atoms. The lowest BCUT2D eigenvalue weighted by Crippen LogP contribution is -2.05. The monoisotopic (exact) mass is 280 g/mol. The summed E-state index contributed by atoms with van der Waals surface area (Å²) in [7, 11) is 0. The number of phenols is 3. The van der Waals surface area contributed by atoms with Crippen molar-refractivity contribution >= 4 is 23.1 Å². The van der Waals surface area contributed by atoms with E-state index in [2.05, 4.69) is 4.98 Å². The molecule has 0 unspecified atom stereocenters. The second-order valence-electron chi connectivity index (χ2n) is 3.79. The minimum atomic E-state index is -0.645. The molecule has 6 nitrogen and oxygen atoms in total. The molecule has 0 aliphatic rings. The molecule has 0 fully saturated rings. The highest BCUT2D eigenvalue weighted by Gasteiger charge is 2.14. The second-order valence-corrected chi connectivity index (χ2v) is 4.85. The van der Waals surface area contributed by atoms with E-state index < -0.39 is 17.2 Å². The van der Waals surface area contributed by atoms with Crippen molar-refractivity contribution in [2.45, 2.75) is 6.92 Å². The van der Waals surface area contributed by atoms with Crippen LogP contribution < -0.4 is 5.48 Å². The van der Waals surface area contributed by atoms with Gasteiger partial charge in [0.2, 0.25) is 5.75 Å². The average molecular weight is 280 g/mol. The molecule has 0 bridgehead atoms. The highest BCUT2D eigenvalue weighted by atomic mass is 32.1. The van der Waals surface area contributed by atoms with Crippen LogP contribution in [0.5, 0.6) is 17.2 Å². The highest BCUT2D eigenvalue weighted by Crippen LogP contribution is 2.39. The Morgan fingerprint density at radius 2 is 2.00 bits per heavy atom. The van der Waals surface area contributed by atoms with Crippen LogP contribution in [0.4, 0.5) is 0 Å². The molecule has 0 amide bonds. The number of rotatable bonds is 3. The Hall–Kier alpha value is -2.25. The van der Waals surface area contributed by atoms with Gasteiger partial charge in [-0.25, -0.2) is 4.98 Å². The van der Waals surface area contributed by atoms with E-state index in [0.29, 0.717) is 5.69 Å². The molecule has 2 rings (SSSR count). The Morgan fingerprint density at radius 1 is 1.26 bits per heavy atom. The fraction of sp³-hybridized carbons (Fsp3) is 0.0833. The maximum atomic E-state index is 9.74. The summed E-state index contributed by atoms with van der Waals surface area (Å²) in [6.07, 6.45) is 1.51. The molecule has 0 atom stereocenters. The van der Waals surface area contributed by atoms with Crippen LogP contribution in [-0.4, -0.2) is 25.5 Å². The predicted octanol–water partition coefficient (Wildman–Crippen LogP) is 2.05. The van der Waals surface area contributed by atoms with Gasteiger partial charge in [-0.05, 0) is 25.1 Å². The first-order valence-corrected chi connectivity index (χ1v) is 6.19. The lowest BCUT2D eigenvalue weighted by molar-refractivity contribution is 0.224. The number of nitrogens with zero attached hydrogens (tertiary/aromatic N) is 1. The Labute approximate surface area is 112 Å². The van der Waals surface area contributed by atoms with Crippen molar-refractivity contribution in [1.82, 2.24) is 10.5 Å². The standard InChI is InChI=1S/C12H12N2O4S/c1-6-13-7(5-19-6)4-9(14-18)8-2-3-10(15)12(17)11(8)16/h2-5,14-18H,1H3/b9-4+. The van der Waals surface area contributed by atoms with Gasteiger partial charge in [-0.3, -0.25) is 10.7 Å². The molecule has 5 N–H and O–H groups in total.